The first-order valence-corrected chi connectivity index (χ1v) is 5.75. The second-order valence-corrected chi connectivity index (χ2v) is 3.97. The molecular weight excluding hydrogens is 234 g/mol. The van der Waals surface area contributed by atoms with E-state index in [2.05, 4.69) is 10.6 Å². The summed E-state index contributed by atoms with van der Waals surface area (Å²) in [7, 11) is 0. The van der Waals surface area contributed by atoms with Crippen LogP contribution < -0.4 is 10.6 Å². The lowest BCUT2D eigenvalue weighted by atomic mass is 10.1. The van der Waals surface area contributed by atoms with Crippen molar-refractivity contribution in [2.75, 3.05) is 11.9 Å². The molecule has 0 aliphatic rings. The van der Waals surface area contributed by atoms with Crippen molar-refractivity contribution >= 4 is 17.3 Å². The molecule has 1 rings (SSSR count). The first-order chi connectivity index (χ1) is 8.47. The molecular formula is C12H17N3O3. The van der Waals surface area contributed by atoms with Crippen LogP contribution in [0.4, 0.5) is 11.4 Å². The van der Waals surface area contributed by atoms with Crippen LogP contribution in [0.5, 0.6) is 0 Å². The summed E-state index contributed by atoms with van der Waals surface area (Å²) in [6, 6.07) is 4.32. The third-order valence-electron chi connectivity index (χ3n) is 2.62. The Hall–Kier alpha value is -2.11. The quantitative estimate of drug-likeness (QED) is 0.617. The van der Waals surface area contributed by atoms with Gasteiger partial charge in [0.15, 0.2) is 0 Å². The van der Waals surface area contributed by atoms with Crippen molar-refractivity contribution in [3.8, 4) is 0 Å². The standard InChI is InChI=1S/C12H17N3O3/c1-4-13-12(16)9(3)14-10-6-5-7-11(8(10)2)15(17)18/h5-7,9,14H,4H2,1-3H3,(H,13,16). The topological polar surface area (TPSA) is 84.3 Å². The van der Waals surface area contributed by atoms with Gasteiger partial charge >= 0.3 is 0 Å². The van der Waals surface area contributed by atoms with Gasteiger partial charge in [-0.05, 0) is 26.8 Å². The smallest absolute Gasteiger partial charge is 0.274 e. The number of amides is 1. The van der Waals surface area contributed by atoms with E-state index in [1.165, 1.54) is 6.07 Å². The third kappa shape index (κ3) is 3.19. The molecule has 6 heteroatoms. The van der Waals surface area contributed by atoms with E-state index in [0.717, 1.165) is 0 Å². The van der Waals surface area contributed by atoms with Gasteiger partial charge in [-0.1, -0.05) is 6.07 Å². The van der Waals surface area contributed by atoms with Crippen LogP contribution in [0.2, 0.25) is 0 Å². The van der Waals surface area contributed by atoms with Gasteiger partial charge in [0.25, 0.3) is 5.69 Å². The summed E-state index contributed by atoms with van der Waals surface area (Å²) in [5.74, 6) is -0.136. The predicted octanol–water partition coefficient (Wildman–Crippen LogP) is 1.84. The van der Waals surface area contributed by atoms with Gasteiger partial charge in [-0.3, -0.25) is 14.9 Å². The van der Waals surface area contributed by atoms with E-state index in [0.29, 0.717) is 17.8 Å². The number of hydrogen-bond donors (Lipinski definition) is 2. The Morgan fingerprint density at radius 3 is 2.72 bits per heavy atom. The number of benzene rings is 1. The molecule has 2 N–H and O–H groups in total. The average molecular weight is 251 g/mol. The number of anilines is 1. The summed E-state index contributed by atoms with van der Waals surface area (Å²) in [5.41, 5.74) is 1.17. The average Bonchev–Trinajstić information content (AvgIpc) is 2.31. The summed E-state index contributed by atoms with van der Waals surface area (Å²) in [6.45, 7) is 5.76. The number of nitrogens with zero attached hydrogens (tertiary/aromatic N) is 1. The maximum Gasteiger partial charge on any atom is 0.274 e. The Morgan fingerprint density at radius 1 is 1.50 bits per heavy atom. The first-order valence-electron chi connectivity index (χ1n) is 5.75. The van der Waals surface area contributed by atoms with Crippen molar-refractivity contribution in [1.29, 1.82) is 0 Å². The van der Waals surface area contributed by atoms with Gasteiger partial charge in [0, 0.05) is 23.9 Å². The van der Waals surface area contributed by atoms with Gasteiger partial charge in [0.05, 0.1) is 4.92 Å². The normalized spacial score (nSPS) is 11.7. The van der Waals surface area contributed by atoms with Crippen LogP contribution in [-0.2, 0) is 4.79 Å². The van der Waals surface area contributed by atoms with Crippen LogP contribution in [0.3, 0.4) is 0 Å². The highest BCUT2D eigenvalue weighted by Crippen LogP contribution is 2.25. The summed E-state index contributed by atoms with van der Waals surface area (Å²) in [6.07, 6.45) is 0. The molecule has 1 aromatic carbocycles. The minimum atomic E-state index is -0.439. The number of nitro benzene ring substituents is 1. The van der Waals surface area contributed by atoms with Crippen LogP contribution in [0, 0.1) is 17.0 Å². The van der Waals surface area contributed by atoms with Crippen molar-refractivity contribution in [1.82, 2.24) is 5.32 Å². The number of nitrogens with one attached hydrogen (secondary N) is 2. The molecule has 1 atom stereocenters. The monoisotopic (exact) mass is 251 g/mol. The summed E-state index contributed by atoms with van der Waals surface area (Å²) < 4.78 is 0. The van der Waals surface area contributed by atoms with Crippen LogP contribution in [-0.4, -0.2) is 23.4 Å². The molecule has 0 saturated heterocycles. The Morgan fingerprint density at radius 2 is 2.17 bits per heavy atom. The molecule has 0 bridgehead atoms. The van der Waals surface area contributed by atoms with Crippen molar-refractivity contribution in [3.63, 3.8) is 0 Å². The van der Waals surface area contributed by atoms with Gasteiger partial charge in [0.2, 0.25) is 5.91 Å². The molecule has 6 nitrogen and oxygen atoms in total. The highest BCUT2D eigenvalue weighted by atomic mass is 16.6. The van der Waals surface area contributed by atoms with Gasteiger partial charge in [0.1, 0.15) is 6.04 Å². The Labute approximate surface area is 106 Å². The van der Waals surface area contributed by atoms with E-state index < -0.39 is 11.0 Å². The second kappa shape index (κ2) is 6.00. The van der Waals surface area contributed by atoms with Crippen molar-refractivity contribution in [2.24, 2.45) is 0 Å². The number of rotatable bonds is 5. The fourth-order valence-electron chi connectivity index (χ4n) is 1.60. The van der Waals surface area contributed by atoms with Gasteiger partial charge in [-0.25, -0.2) is 0 Å². The van der Waals surface area contributed by atoms with E-state index in [-0.39, 0.29) is 11.6 Å². The van der Waals surface area contributed by atoms with E-state index >= 15 is 0 Å². The first kappa shape index (κ1) is 14.0. The zero-order valence-corrected chi connectivity index (χ0v) is 10.7. The van der Waals surface area contributed by atoms with Gasteiger partial charge in [-0.2, -0.15) is 0 Å². The molecule has 1 amide bonds. The summed E-state index contributed by atoms with van der Waals surface area (Å²) in [5, 5.41) is 16.5. The van der Waals surface area contributed by atoms with Crippen LogP contribution >= 0.6 is 0 Å². The minimum Gasteiger partial charge on any atom is -0.373 e. The number of nitro groups is 1. The van der Waals surface area contributed by atoms with Crippen LogP contribution in [0.25, 0.3) is 0 Å². The predicted molar refractivity (Wildman–Crippen MR) is 69.6 cm³/mol. The lowest BCUT2D eigenvalue weighted by Crippen LogP contribution is -2.37. The lowest BCUT2D eigenvalue weighted by Gasteiger charge is -2.16. The highest BCUT2D eigenvalue weighted by Gasteiger charge is 2.17. The zero-order valence-electron chi connectivity index (χ0n) is 10.7. The Bertz CT molecular complexity index is 460. The summed E-state index contributed by atoms with van der Waals surface area (Å²) >= 11 is 0. The molecule has 0 heterocycles. The Kier molecular flexibility index (Phi) is 4.65. The molecule has 0 saturated carbocycles. The van der Waals surface area contributed by atoms with E-state index in [9.17, 15) is 14.9 Å². The van der Waals surface area contributed by atoms with Crippen LogP contribution in [0.1, 0.15) is 19.4 Å². The molecule has 0 aromatic heterocycles. The molecule has 0 radical (unpaired) electrons. The SMILES string of the molecule is CCNC(=O)C(C)Nc1cccc([N+](=O)[O-])c1C. The fourth-order valence-corrected chi connectivity index (χ4v) is 1.60. The lowest BCUT2D eigenvalue weighted by molar-refractivity contribution is -0.385. The largest absolute Gasteiger partial charge is 0.373 e. The molecule has 0 aliphatic heterocycles. The number of hydrogen-bond acceptors (Lipinski definition) is 4. The fraction of sp³-hybridized carbons (Fsp3) is 0.417. The number of carbonyl (C=O) groups is 1. The van der Waals surface area contributed by atoms with Gasteiger partial charge in [-0.15, -0.1) is 0 Å². The molecule has 98 valence electrons. The molecule has 0 aliphatic carbocycles. The maximum absolute atomic E-state index is 11.6. The third-order valence-corrected chi connectivity index (χ3v) is 2.62. The zero-order chi connectivity index (χ0) is 13.7. The highest BCUT2D eigenvalue weighted by molar-refractivity contribution is 5.84. The second-order valence-electron chi connectivity index (χ2n) is 3.97. The minimum absolute atomic E-state index is 0.0445. The number of carbonyl (C=O) groups excluding carboxylic acids is 1. The molecule has 1 aromatic rings. The van der Waals surface area contributed by atoms with Crippen LogP contribution in [0.15, 0.2) is 18.2 Å². The molecule has 0 fully saturated rings. The van der Waals surface area contributed by atoms with E-state index in [4.69, 9.17) is 0 Å². The van der Waals surface area contributed by atoms with Crippen molar-refractivity contribution in [3.05, 3.63) is 33.9 Å². The van der Waals surface area contributed by atoms with E-state index in [1.54, 1.807) is 26.0 Å². The van der Waals surface area contributed by atoms with E-state index in [1.807, 2.05) is 6.92 Å². The van der Waals surface area contributed by atoms with Crippen molar-refractivity contribution < 1.29 is 9.72 Å². The maximum atomic E-state index is 11.6. The summed E-state index contributed by atoms with van der Waals surface area (Å²) in [4.78, 5) is 21.9. The molecule has 1 unspecified atom stereocenters. The molecule has 18 heavy (non-hydrogen) atoms. The molecule has 0 spiro atoms. The number of likely N-dealkylation sites (N-methyl/N-ethyl adjacent to an activating group) is 1. The Balaban J connectivity index is 2.88. The van der Waals surface area contributed by atoms with Crippen molar-refractivity contribution in [2.45, 2.75) is 26.8 Å². The van der Waals surface area contributed by atoms with Gasteiger partial charge < -0.3 is 10.6 Å².